The van der Waals surface area contributed by atoms with Crippen molar-refractivity contribution in [1.29, 1.82) is 0 Å². The summed E-state index contributed by atoms with van der Waals surface area (Å²) in [6.45, 7) is 3.84. The van der Waals surface area contributed by atoms with E-state index in [1.165, 1.54) is 5.56 Å². The molecule has 0 saturated carbocycles. The highest BCUT2D eigenvalue weighted by Gasteiger charge is 2.08. The maximum absolute atomic E-state index is 12.2. The van der Waals surface area contributed by atoms with Crippen molar-refractivity contribution in [1.82, 2.24) is 0 Å². The molecule has 0 heterocycles. The summed E-state index contributed by atoms with van der Waals surface area (Å²) < 4.78 is 0. The monoisotopic (exact) mass is 329 g/mol. The van der Waals surface area contributed by atoms with Crippen LogP contribution in [0.15, 0.2) is 84.0 Å². The van der Waals surface area contributed by atoms with Crippen LogP contribution in [0.4, 0.5) is 0 Å². The Bertz CT molecular complexity index is 880. The van der Waals surface area contributed by atoms with Crippen molar-refractivity contribution in [2.75, 3.05) is 0 Å². The Balaban J connectivity index is 1.69. The van der Waals surface area contributed by atoms with Crippen LogP contribution in [-0.4, -0.2) is 11.7 Å². The second-order valence-electron chi connectivity index (χ2n) is 5.86. The number of carbonyl (C=O) groups is 1. The first-order valence-electron chi connectivity index (χ1n) is 8.12. The van der Waals surface area contributed by atoms with E-state index in [9.17, 15) is 4.79 Å². The molecule has 3 aromatic carbocycles. The van der Waals surface area contributed by atoms with Gasteiger partial charge in [0.2, 0.25) is 0 Å². The van der Waals surface area contributed by atoms with Crippen LogP contribution in [0, 0.1) is 6.92 Å². The maximum atomic E-state index is 12.2. The molecule has 0 atom stereocenters. The molecule has 0 spiro atoms. The third-order valence-corrected chi connectivity index (χ3v) is 3.96. The normalized spacial score (nSPS) is 11.2. The van der Waals surface area contributed by atoms with E-state index in [1.54, 1.807) is 12.1 Å². The number of aryl methyl sites for hydroxylation is 1. The molecule has 0 amide bonds. The summed E-state index contributed by atoms with van der Waals surface area (Å²) in [4.78, 5) is 17.2. The van der Waals surface area contributed by atoms with Gasteiger partial charge in [-0.2, -0.15) is 0 Å². The quantitative estimate of drug-likeness (QED) is 0.373. The Morgan fingerprint density at radius 3 is 1.96 bits per heavy atom. The molecular weight excluding hydrogens is 310 g/mol. The Morgan fingerprint density at radius 2 is 1.32 bits per heavy atom. The highest BCUT2D eigenvalue weighted by molar-refractivity contribution is 5.99. The Kier molecular flexibility index (Phi) is 5.05. The predicted octanol–water partition coefficient (Wildman–Crippen LogP) is 5.24. The zero-order valence-electron chi connectivity index (χ0n) is 14.3. The Labute approximate surface area is 147 Å². The van der Waals surface area contributed by atoms with Crippen molar-refractivity contribution in [3.63, 3.8) is 0 Å². The molecule has 0 bridgehead atoms. The van der Waals surface area contributed by atoms with Crippen LogP contribution in [0.2, 0.25) is 0 Å². The summed E-state index contributed by atoms with van der Waals surface area (Å²) >= 11 is 0. The van der Waals surface area contributed by atoms with Crippen LogP contribution < -0.4 is 0 Å². The molecule has 0 aliphatic carbocycles. The van der Waals surface area contributed by atoms with Gasteiger partial charge in [-0.15, -0.1) is 0 Å². The van der Waals surface area contributed by atoms with Crippen LogP contribution >= 0.6 is 0 Å². The van der Waals surface area contributed by atoms with E-state index >= 15 is 0 Å². The Hall–Kier alpha value is -3.20. The van der Waals surface area contributed by atoms with E-state index in [4.69, 9.17) is 4.84 Å². The predicted molar refractivity (Wildman–Crippen MR) is 101 cm³/mol. The van der Waals surface area contributed by atoms with Gasteiger partial charge in [0.05, 0.1) is 11.3 Å². The smallest absolute Gasteiger partial charge is 0.313 e. The zero-order chi connectivity index (χ0) is 17.6. The number of nitrogens with zero attached hydrogens (tertiary/aromatic N) is 1. The molecule has 0 N–H and O–H groups in total. The van der Waals surface area contributed by atoms with Gasteiger partial charge in [0.15, 0.2) is 0 Å². The summed E-state index contributed by atoms with van der Waals surface area (Å²) in [7, 11) is 0. The van der Waals surface area contributed by atoms with Crippen molar-refractivity contribution in [2.45, 2.75) is 13.8 Å². The van der Waals surface area contributed by atoms with Gasteiger partial charge in [-0.25, -0.2) is 4.79 Å². The van der Waals surface area contributed by atoms with Crippen molar-refractivity contribution in [2.24, 2.45) is 5.16 Å². The summed E-state index contributed by atoms with van der Waals surface area (Å²) in [6.07, 6.45) is 0. The molecule has 124 valence electrons. The van der Waals surface area contributed by atoms with E-state index < -0.39 is 5.97 Å². The van der Waals surface area contributed by atoms with Crippen LogP contribution in [0.1, 0.15) is 28.4 Å². The van der Waals surface area contributed by atoms with Gasteiger partial charge in [0, 0.05) is 0 Å². The summed E-state index contributed by atoms with van der Waals surface area (Å²) in [5.41, 5.74) is 5.39. The van der Waals surface area contributed by atoms with Crippen molar-refractivity contribution in [3.8, 4) is 11.1 Å². The van der Waals surface area contributed by atoms with Gasteiger partial charge in [0.25, 0.3) is 0 Å². The average Bonchev–Trinajstić information content (AvgIpc) is 2.67. The summed E-state index contributed by atoms with van der Waals surface area (Å²) in [6, 6.07) is 25.2. The lowest BCUT2D eigenvalue weighted by Gasteiger charge is -2.04. The van der Waals surface area contributed by atoms with E-state index in [1.807, 2.05) is 80.6 Å². The Morgan fingerprint density at radius 1 is 0.760 bits per heavy atom. The van der Waals surface area contributed by atoms with Gasteiger partial charge in [-0.1, -0.05) is 77.4 Å². The number of carbonyl (C=O) groups excluding carboxylic acids is 1. The molecule has 0 aliphatic rings. The highest BCUT2D eigenvalue weighted by atomic mass is 16.7. The second kappa shape index (κ2) is 7.58. The fourth-order valence-corrected chi connectivity index (χ4v) is 2.44. The topological polar surface area (TPSA) is 38.7 Å². The third kappa shape index (κ3) is 4.21. The number of oxime groups is 1. The molecule has 0 unspecified atom stereocenters. The SMILES string of the molecule is C/C(=N/OC(=O)c1ccc(-c2ccccc2)cc1)c1ccc(C)cc1. The van der Waals surface area contributed by atoms with Crippen LogP contribution in [0.25, 0.3) is 11.1 Å². The largest absolute Gasteiger partial charge is 0.365 e. The molecule has 0 saturated heterocycles. The van der Waals surface area contributed by atoms with E-state index in [0.717, 1.165) is 16.7 Å². The minimum atomic E-state index is -0.467. The van der Waals surface area contributed by atoms with E-state index in [-0.39, 0.29) is 0 Å². The number of hydrogen-bond acceptors (Lipinski definition) is 3. The maximum Gasteiger partial charge on any atom is 0.365 e. The third-order valence-electron chi connectivity index (χ3n) is 3.96. The van der Waals surface area contributed by atoms with Crippen LogP contribution in [0.5, 0.6) is 0 Å². The van der Waals surface area contributed by atoms with Crippen molar-refractivity contribution < 1.29 is 9.63 Å². The number of rotatable bonds is 4. The lowest BCUT2D eigenvalue weighted by molar-refractivity contribution is 0.0516. The van der Waals surface area contributed by atoms with Crippen molar-refractivity contribution >= 4 is 11.7 Å². The first kappa shape index (κ1) is 16.7. The number of benzene rings is 3. The molecule has 3 rings (SSSR count). The summed E-state index contributed by atoms with van der Waals surface area (Å²) in [5, 5.41) is 3.95. The fourth-order valence-electron chi connectivity index (χ4n) is 2.44. The van der Waals surface area contributed by atoms with Crippen LogP contribution in [-0.2, 0) is 4.84 Å². The van der Waals surface area contributed by atoms with E-state index in [2.05, 4.69) is 5.16 Å². The first-order chi connectivity index (χ1) is 12.1. The van der Waals surface area contributed by atoms with Crippen LogP contribution in [0.3, 0.4) is 0 Å². The minimum Gasteiger partial charge on any atom is -0.313 e. The molecule has 25 heavy (non-hydrogen) atoms. The molecule has 0 radical (unpaired) electrons. The lowest BCUT2D eigenvalue weighted by atomic mass is 10.0. The minimum absolute atomic E-state index is 0.467. The zero-order valence-corrected chi connectivity index (χ0v) is 14.3. The molecular formula is C22H19NO2. The highest BCUT2D eigenvalue weighted by Crippen LogP contribution is 2.19. The standard InChI is InChI=1S/C22H19NO2/c1-16-8-10-18(11-9-16)17(2)23-25-22(24)21-14-12-20(13-15-21)19-6-4-3-5-7-19/h3-15H,1-2H3/b23-17-. The fraction of sp³-hybridized carbons (Fsp3) is 0.0909. The van der Waals surface area contributed by atoms with Gasteiger partial charge >= 0.3 is 5.97 Å². The summed E-state index contributed by atoms with van der Waals surface area (Å²) in [5.74, 6) is -0.467. The molecule has 0 fully saturated rings. The van der Waals surface area contributed by atoms with E-state index in [0.29, 0.717) is 11.3 Å². The number of hydrogen-bond donors (Lipinski definition) is 0. The van der Waals surface area contributed by atoms with Crippen molar-refractivity contribution in [3.05, 3.63) is 95.6 Å². The molecule has 3 aromatic rings. The first-order valence-corrected chi connectivity index (χ1v) is 8.12. The molecule has 3 nitrogen and oxygen atoms in total. The lowest BCUT2D eigenvalue weighted by Crippen LogP contribution is -2.04. The van der Waals surface area contributed by atoms with Gasteiger partial charge in [-0.05, 0) is 42.7 Å². The molecule has 3 heteroatoms. The molecule has 0 aromatic heterocycles. The molecule has 0 aliphatic heterocycles. The van der Waals surface area contributed by atoms with Gasteiger partial charge < -0.3 is 4.84 Å². The average molecular weight is 329 g/mol. The second-order valence-corrected chi connectivity index (χ2v) is 5.86. The van der Waals surface area contributed by atoms with Gasteiger partial charge in [-0.3, -0.25) is 0 Å². The van der Waals surface area contributed by atoms with Gasteiger partial charge in [0.1, 0.15) is 0 Å².